The molecule has 6 nitrogen and oxygen atoms in total. The summed E-state index contributed by atoms with van der Waals surface area (Å²) in [5.74, 6) is -0.879. The lowest BCUT2D eigenvalue weighted by atomic mass is 10.0. The van der Waals surface area contributed by atoms with Gasteiger partial charge in [-0.3, -0.25) is 14.4 Å². The van der Waals surface area contributed by atoms with Crippen LogP contribution in [0.2, 0.25) is 0 Å². The zero-order chi connectivity index (χ0) is 44.4. The number of allylic oxidation sites excluding steroid dienone is 4. The van der Waals surface area contributed by atoms with Gasteiger partial charge in [0.25, 0.3) is 0 Å². The minimum Gasteiger partial charge on any atom is -0.462 e. The second-order valence-corrected chi connectivity index (χ2v) is 18.1. The lowest BCUT2D eigenvalue weighted by Gasteiger charge is -2.18. The largest absolute Gasteiger partial charge is 0.462 e. The van der Waals surface area contributed by atoms with Crippen LogP contribution in [0.3, 0.4) is 0 Å². The number of rotatable bonds is 49. The van der Waals surface area contributed by atoms with E-state index in [0.29, 0.717) is 19.3 Å². The molecule has 6 heteroatoms. The molecule has 0 rings (SSSR count). The van der Waals surface area contributed by atoms with E-state index in [4.69, 9.17) is 14.2 Å². The van der Waals surface area contributed by atoms with Gasteiger partial charge in [-0.05, 0) is 64.2 Å². The zero-order valence-corrected chi connectivity index (χ0v) is 40.9. The van der Waals surface area contributed by atoms with Crippen molar-refractivity contribution in [1.29, 1.82) is 0 Å². The van der Waals surface area contributed by atoms with E-state index in [0.717, 1.165) is 77.0 Å². The normalized spacial score (nSPS) is 12.1. The van der Waals surface area contributed by atoms with Crippen LogP contribution >= 0.6 is 0 Å². The smallest absolute Gasteiger partial charge is 0.306 e. The fourth-order valence-electron chi connectivity index (χ4n) is 7.85. The zero-order valence-electron chi connectivity index (χ0n) is 40.9. The maximum Gasteiger partial charge on any atom is 0.306 e. The molecule has 0 amide bonds. The van der Waals surface area contributed by atoms with Crippen molar-refractivity contribution in [2.24, 2.45) is 0 Å². The van der Waals surface area contributed by atoms with E-state index in [-0.39, 0.29) is 31.1 Å². The number of esters is 3. The Labute approximate surface area is 379 Å². The highest BCUT2D eigenvalue weighted by atomic mass is 16.6. The summed E-state index contributed by atoms with van der Waals surface area (Å²) >= 11 is 0. The van der Waals surface area contributed by atoms with Crippen LogP contribution in [-0.4, -0.2) is 37.2 Å². The molecule has 0 saturated heterocycles. The van der Waals surface area contributed by atoms with Crippen LogP contribution in [0.15, 0.2) is 24.3 Å². The van der Waals surface area contributed by atoms with Crippen molar-refractivity contribution in [3.05, 3.63) is 24.3 Å². The number of ether oxygens (including phenoxy) is 3. The van der Waals surface area contributed by atoms with Crippen molar-refractivity contribution in [3.8, 4) is 0 Å². The van der Waals surface area contributed by atoms with Gasteiger partial charge in [0.15, 0.2) is 6.10 Å². The van der Waals surface area contributed by atoms with Crippen LogP contribution in [0.25, 0.3) is 0 Å². The summed E-state index contributed by atoms with van der Waals surface area (Å²) in [6, 6.07) is 0. The van der Waals surface area contributed by atoms with Gasteiger partial charge in [0.05, 0.1) is 0 Å². The highest BCUT2D eigenvalue weighted by Gasteiger charge is 2.19. The van der Waals surface area contributed by atoms with E-state index < -0.39 is 6.10 Å². The van der Waals surface area contributed by atoms with E-state index >= 15 is 0 Å². The molecular formula is C55H102O6. The predicted octanol–water partition coefficient (Wildman–Crippen LogP) is 17.5. The summed E-state index contributed by atoms with van der Waals surface area (Å²) in [6.07, 6.45) is 57.4. The Morgan fingerprint density at radius 3 is 0.885 bits per heavy atom. The van der Waals surface area contributed by atoms with E-state index in [1.165, 1.54) is 173 Å². The summed E-state index contributed by atoms with van der Waals surface area (Å²) in [5.41, 5.74) is 0. The third kappa shape index (κ3) is 48.8. The Morgan fingerprint density at radius 1 is 0.311 bits per heavy atom. The van der Waals surface area contributed by atoms with Crippen molar-refractivity contribution < 1.29 is 28.6 Å². The van der Waals surface area contributed by atoms with Crippen LogP contribution in [0.4, 0.5) is 0 Å². The highest BCUT2D eigenvalue weighted by Crippen LogP contribution is 2.16. The molecule has 1 unspecified atom stereocenters. The van der Waals surface area contributed by atoms with Crippen LogP contribution < -0.4 is 0 Å². The van der Waals surface area contributed by atoms with Gasteiger partial charge >= 0.3 is 17.9 Å². The predicted molar refractivity (Wildman–Crippen MR) is 261 cm³/mol. The van der Waals surface area contributed by atoms with Crippen LogP contribution in [0.1, 0.15) is 290 Å². The molecule has 1 atom stereocenters. The van der Waals surface area contributed by atoms with Gasteiger partial charge in [-0.2, -0.15) is 0 Å². The Hall–Kier alpha value is -2.11. The Morgan fingerprint density at radius 2 is 0.574 bits per heavy atom. The molecule has 0 heterocycles. The van der Waals surface area contributed by atoms with Gasteiger partial charge in [0, 0.05) is 19.3 Å². The van der Waals surface area contributed by atoms with Gasteiger partial charge in [-0.15, -0.1) is 0 Å². The van der Waals surface area contributed by atoms with Gasteiger partial charge < -0.3 is 14.2 Å². The molecule has 0 aromatic carbocycles. The fraction of sp³-hybridized carbons (Fsp3) is 0.873. The Kier molecular flexibility index (Phi) is 48.8. The third-order valence-corrected chi connectivity index (χ3v) is 11.9. The first-order valence-corrected chi connectivity index (χ1v) is 26.8. The van der Waals surface area contributed by atoms with Crippen molar-refractivity contribution in [3.63, 3.8) is 0 Å². The first kappa shape index (κ1) is 58.9. The monoisotopic (exact) mass is 859 g/mol. The number of hydrogen-bond donors (Lipinski definition) is 0. The standard InChI is InChI=1S/C55H102O6/c1-4-7-10-13-16-19-22-24-26-27-28-30-31-33-36-39-42-45-48-54(57)60-51-52(50-59-53(56)47-44-41-38-35-21-18-15-12-9-6-3)61-55(58)49-46-43-40-37-34-32-29-25-23-20-17-14-11-8-5-2/h12,15,25,29,52H,4-11,13-14,16-24,26-28,30-51H2,1-3H3/b15-12-,29-25-. The van der Waals surface area contributed by atoms with Gasteiger partial charge in [-0.1, -0.05) is 231 Å². The molecule has 358 valence electrons. The van der Waals surface area contributed by atoms with E-state index in [2.05, 4.69) is 45.1 Å². The average molecular weight is 859 g/mol. The fourth-order valence-corrected chi connectivity index (χ4v) is 7.85. The minimum absolute atomic E-state index is 0.0734. The average Bonchev–Trinajstić information content (AvgIpc) is 3.26. The molecule has 0 fully saturated rings. The topological polar surface area (TPSA) is 78.9 Å². The second kappa shape index (κ2) is 50.5. The molecule has 0 bridgehead atoms. The molecule has 0 aromatic heterocycles. The summed E-state index contributed by atoms with van der Waals surface area (Å²) < 4.78 is 16.8. The van der Waals surface area contributed by atoms with Crippen LogP contribution in [0.5, 0.6) is 0 Å². The van der Waals surface area contributed by atoms with E-state index in [9.17, 15) is 14.4 Å². The Bertz CT molecular complexity index is 989. The molecular weight excluding hydrogens is 757 g/mol. The molecule has 0 spiro atoms. The van der Waals surface area contributed by atoms with Crippen molar-refractivity contribution in [2.45, 2.75) is 297 Å². The Balaban J connectivity index is 4.29. The minimum atomic E-state index is -0.774. The molecule has 0 N–H and O–H groups in total. The maximum atomic E-state index is 12.8. The summed E-state index contributed by atoms with van der Waals surface area (Å²) in [5, 5.41) is 0. The van der Waals surface area contributed by atoms with Crippen LogP contribution in [0, 0.1) is 0 Å². The second-order valence-electron chi connectivity index (χ2n) is 18.1. The first-order chi connectivity index (χ1) is 30.0. The maximum absolute atomic E-state index is 12.8. The number of unbranched alkanes of at least 4 members (excludes halogenated alkanes) is 34. The number of carbonyl (C=O) groups excluding carboxylic acids is 3. The van der Waals surface area contributed by atoms with Crippen molar-refractivity contribution in [2.75, 3.05) is 13.2 Å². The summed E-state index contributed by atoms with van der Waals surface area (Å²) in [6.45, 7) is 6.59. The lowest BCUT2D eigenvalue weighted by Crippen LogP contribution is -2.30. The number of carbonyl (C=O) groups is 3. The van der Waals surface area contributed by atoms with Gasteiger partial charge in [0.1, 0.15) is 13.2 Å². The van der Waals surface area contributed by atoms with E-state index in [1.54, 1.807) is 0 Å². The molecule has 0 aromatic rings. The van der Waals surface area contributed by atoms with Crippen molar-refractivity contribution in [1.82, 2.24) is 0 Å². The molecule has 0 radical (unpaired) electrons. The quantitative estimate of drug-likeness (QED) is 0.0262. The first-order valence-electron chi connectivity index (χ1n) is 26.8. The molecule has 0 aliphatic rings. The molecule has 61 heavy (non-hydrogen) atoms. The van der Waals surface area contributed by atoms with Gasteiger partial charge in [0.2, 0.25) is 0 Å². The summed E-state index contributed by atoms with van der Waals surface area (Å²) in [4.78, 5) is 37.9. The molecule has 0 saturated carbocycles. The van der Waals surface area contributed by atoms with E-state index in [1.807, 2.05) is 0 Å². The van der Waals surface area contributed by atoms with Crippen LogP contribution in [-0.2, 0) is 28.6 Å². The SMILES string of the molecule is CCC/C=C\CCCCCCCC(=O)OCC(COC(=O)CCCCCCCCCCCCCCCCCCCC)OC(=O)CCCCCCC/C=C\CCCCCCCC. The molecule has 0 aliphatic carbocycles. The number of hydrogen-bond acceptors (Lipinski definition) is 6. The molecule has 0 aliphatic heterocycles. The van der Waals surface area contributed by atoms with Gasteiger partial charge in [-0.25, -0.2) is 0 Å². The lowest BCUT2D eigenvalue weighted by molar-refractivity contribution is -0.167. The van der Waals surface area contributed by atoms with Crippen molar-refractivity contribution >= 4 is 17.9 Å². The summed E-state index contributed by atoms with van der Waals surface area (Å²) in [7, 11) is 0. The highest BCUT2D eigenvalue weighted by molar-refractivity contribution is 5.71. The third-order valence-electron chi connectivity index (χ3n) is 11.9.